The molecular weight excluding hydrogens is 241 g/mol. The third kappa shape index (κ3) is 2.62. The molecule has 0 atom stereocenters. The zero-order valence-electron chi connectivity index (χ0n) is 5.46. The minimum atomic E-state index is 0.663. The number of hydrogen-bond donors (Lipinski definition) is 0. The highest BCUT2D eigenvalue weighted by atomic mass is 127. The lowest BCUT2D eigenvalue weighted by molar-refractivity contribution is 0.177. The van der Waals surface area contributed by atoms with E-state index in [0.717, 1.165) is 10.2 Å². The van der Waals surface area contributed by atoms with E-state index in [2.05, 4.69) is 27.6 Å². The van der Waals surface area contributed by atoms with Crippen molar-refractivity contribution in [3.05, 3.63) is 30.1 Å². The third-order valence-electron chi connectivity index (χ3n) is 1.07. The summed E-state index contributed by atoms with van der Waals surface area (Å²) in [6.45, 7) is 0.663. The van der Waals surface area contributed by atoms with E-state index in [4.69, 9.17) is 4.74 Å². The monoisotopic (exact) mass is 249 g/mol. The number of pyridine rings is 1. The first-order valence-electron chi connectivity index (χ1n) is 2.96. The van der Waals surface area contributed by atoms with E-state index in [1.165, 1.54) is 0 Å². The molecule has 0 bridgehead atoms. The zero-order valence-corrected chi connectivity index (χ0v) is 7.61. The van der Waals surface area contributed by atoms with Gasteiger partial charge in [0.15, 0.2) is 0 Å². The van der Waals surface area contributed by atoms with Crippen molar-refractivity contribution in [1.29, 1.82) is 0 Å². The highest BCUT2D eigenvalue weighted by Crippen LogP contribution is 1.98. The molecule has 1 aromatic rings. The van der Waals surface area contributed by atoms with Crippen LogP contribution in [-0.4, -0.2) is 9.60 Å². The Bertz CT molecular complexity index is 178. The molecule has 0 aliphatic rings. The number of aromatic nitrogens is 1. The van der Waals surface area contributed by atoms with Crippen LogP contribution in [0.5, 0.6) is 0 Å². The van der Waals surface area contributed by atoms with Gasteiger partial charge in [0.1, 0.15) is 0 Å². The normalized spacial score (nSPS) is 9.70. The minimum absolute atomic E-state index is 0.663. The maximum Gasteiger partial charge on any atom is 0.0983 e. The van der Waals surface area contributed by atoms with Gasteiger partial charge in [0.05, 0.1) is 11.2 Å². The van der Waals surface area contributed by atoms with E-state index < -0.39 is 0 Å². The summed E-state index contributed by atoms with van der Waals surface area (Å²) >= 11 is 2.17. The Labute approximate surface area is 73.8 Å². The van der Waals surface area contributed by atoms with Crippen molar-refractivity contribution in [2.24, 2.45) is 0 Å². The van der Waals surface area contributed by atoms with Crippen molar-refractivity contribution >= 4 is 22.6 Å². The average molecular weight is 249 g/mol. The van der Waals surface area contributed by atoms with Gasteiger partial charge in [0, 0.05) is 12.4 Å². The molecule has 0 fully saturated rings. The van der Waals surface area contributed by atoms with Crippen LogP contribution in [0.3, 0.4) is 0 Å². The van der Waals surface area contributed by atoms with Crippen molar-refractivity contribution in [1.82, 2.24) is 4.98 Å². The van der Waals surface area contributed by atoms with Crippen LogP contribution in [0.1, 0.15) is 5.56 Å². The maximum absolute atomic E-state index is 5.17. The predicted octanol–water partition coefficient (Wildman–Crippen LogP) is 1.99. The van der Waals surface area contributed by atoms with Crippen molar-refractivity contribution in [3.8, 4) is 0 Å². The summed E-state index contributed by atoms with van der Waals surface area (Å²) in [7, 11) is 0. The summed E-state index contributed by atoms with van der Waals surface area (Å²) in [6.07, 6.45) is 3.57. The molecule has 0 aliphatic carbocycles. The molecule has 1 aromatic heterocycles. The molecule has 0 saturated heterocycles. The first kappa shape index (κ1) is 7.94. The summed E-state index contributed by atoms with van der Waals surface area (Å²) < 4.78 is 5.90. The molecule has 1 rings (SSSR count). The Morgan fingerprint density at radius 3 is 3.10 bits per heavy atom. The van der Waals surface area contributed by atoms with E-state index >= 15 is 0 Å². The van der Waals surface area contributed by atoms with Crippen LogP contribution in [0, 0.1) is 0 Å². The highest BCUT2D eigenvalue weighted by Gasteiger charge is 1.88. The van der Waals surface area contributed by atoms with Gasteiger partial charge in [-0.25, -0.2) is 0 Å². The molecule has 0 aromatic carbocycles. The van der Waals surface area contributed by atoms with Crippen LogP contribution in [0.25, 0.3) is 0 Å². The van der Waals surface area contributed by atoms with Gasteiger partial charge in [-0.1, -0.05) is 28.7 Å². The molecule has 0 N–H and O–H groups in total. The van der Waals surface area contributed by atoms with Crippen LogP contribution < -0.4 is 0 Å². The smallest absolute Gasteiger partial charge is 0.0983 e. The third-order valence-corrected chi connectivity index (χ3v) is 1.51. The summed E-state index contributed by atoms with van der Waals surface area (Å²) in [5.41, 5.74) is 1.12. The van der Waals surface area contributed by atoms with Crippen molar-refractivity contribution in [2.75, 3.05) is 4.61 Å². The molecule has 10 heavy (non-hydrogen) atoms. The quantitative estimate of drug-likeness (QED) is 0.603. The van der Waals surface area contributed by atoms with Crippen molar-refractivity contribution in [2.45, 2.75) is 6.61 Å². The van der Waals surface area contributed by atoms with Gasteiger partial charge in [-0.2, -0.15) is 0 Å². The average Bonchev–Trinajstić information content (AvgIpc) is 2.03. The lowest BCUT2D eigenvalue weighted by Crippen LogP contribution is -1.89. The Morgan fingerprint density at radius 2 is 2.50 bits per heavy atom. The number of halogens is 1. The summed E-state index contributed by atoms with van der Waals surface area (Å²) in [5.74, 6) is 0. The van der Waals surface area contributed by atoms with Crippen molar-refractivity contribution in [3.63, 3.8) is 0 Å². The molecule has 54 valence electrons. The molecule has 3 heteroatoms. The van der Waals surface area contributed by atoms with Gasteiger partial charge in [0.25, 0.3) is 0 Å². The van der Waals surface area contributed by atoms with Gasteiger partial charge in [0.2, 0.25) is 0 Å². The van der Waals surface area contributed by atoms with E-state index in [-0.39, 0.29) is 0 Å². The largest absolute Gasteiger partial charge is 0.366 e. The van der Waals surface area contributed by atoms with Crippen LogP contribution in [0.15, 0.2) is 24.5 Å². The second-order valence-electron chi connectivity index (χ2n) is 1.82. The van der Waals surface area contributed by atoms with Crippen LogP contribution in [0.4, 0.5) is 0 Å². The Balaban J connectivity index is 2.43. The number of hydrogen-bond acceptors (Lipinski definition) is 2. The minimum Gasteiger partial charge on any atom is -0.366 e. The van der Waals surface area contributed by atoms with Gasteiger partial charge in [-0.05, 0) is 11.6 Å². The summed E-state index contributed by atoms with van der Waals surface area (Å²) in [5, 5.41) is 0. The topological polar surface area (TPSA) is 22.1 Å². The lowest BCUT2D eigenvalue weighted by Gasteiger charge is -1.97. The first-order valence-corrected chi connectivity index (χ1v) is 4.48. The molecule has 0 aliphatic heterocycles. The molecular formula is C7H8INO. The molecule has 0 amide bonds. The Hall–Kier alpha value is -0.160. The summed E-state index contributed by atoms with van der Waals surface area (Å²) in [4.78, 5) is 3.96. The van der Waals surface area contributed by atoms with E-state index in [0.29, 0.717) is 6.61 Å². The van der Waals surface area contributed by atoms with Gasteiger partial charge in [-0.15, -0.1) is 0 Å². The first-order chi connectivity index (χ1) is 4.93. The molecule has 0 radical (unpaired) electrons. The fourth-order valence-corrected chi connectivity index (χ4v) is 0.860. The van der Waals surface area contributed by atoms with Crippen LogP contribution >= 0.6 is 22.6 Å². The second kappa shape index (κ2) is 4.62. The van der Waals surface area contributed by atoms with Crippen LogP contribution in [-0.2, 0) is 11.3 Å². The standard InChI is InChI=1S/C7H8INO/c8-6-10-5-7-2-1-3-9-4-7/h1-4H,5-6H2. The molecule has 0 unspecified atom stereocenters. The summed E-state index contributed by atoms with van der Waals surface area (Å²) in [6, 6.07) is 3.91. The fraction of sp³-hybridized carbons (Fsp3) is 0.286. The number of alkyl halides is 1. The molecule has 0 spiro atoms. The molecule has 1 heterocycles. The Kier molecular flexibility index (Phi) is 3.67. The number of ether oxygens (including phenoxy) is 1. The van der Waals surface area contributed by atoms with E-state index in [9.17, 15) is 0 Å². The number of rotatable bonds is 3. The predicted molar refractivity (Wildman–Crippen MR) is 47.9 cm³/mol. The van der Waals surface area contributed by atoms with Gasteiger partial charge < -0.3 is 4.74 Å². The fourth-order valence-electron chi connectivity index (χ4n) is 0.640. The van der Waals surface area contributed by atoms with Gasteiger partial charge in [-0.3, -0.25) is 4.98 Å². The lowest BCUT2D eigenvalue weighted by atomic mass is 10.3. The Morgan fingerprint density at radius 1 is 1.60 bits per heavy atom. The van der Waals surface area contributed by atoms with Crippen LogP contribution in [0.2, 0.25) is 0 Å². The SMILES string of the molecule is ICOCc1cccnc1. The van der Waals surface area contributed by atoms with Gasteiger partial charge >= 0.3 is 0 Å². The van der Waals surface area contributed by atoms with E-state index in [1.807, 2.05) is 18.3 Å². The zero-order chi connectivity index (χ0) is 7.23. The molecule has 0 saturated carbocycles. The number of nitrogens with zero attached hydrogens (tertiary/aromatic N) is 1. The maximum atomic E-state index is 5.17. The molecule has 2 nitrogen and oxygen atoms in total. The second-order valence-corrected chi connectivity index (χ2v) is 2.44. The highest BCUT2D eigenvalue weighted by molar-refractivity contribution is 14.1. The van der Waals surface area contributed by atoms with E-state index in [1.54, 1.807) is 6.20 Å². The van der Waals surface area contributed by atoms with Crippen molar-refractivity contribution < 1.29 is 4.74 Å².